The smallest absolute Gasteiger partial charge is 0.0966 e. The van der Waals surface area contributed by atoms with Gasteiger partial charge in [0.05, 0.1) is 18.8 Å². The average Bonchev–Trinajstić information content (AvgIpc) is 2.87. The van der Waals surface area contributed by atoms with Crippen molar-refractivity contribution in [2.24, 2.45) is 0 Å². The molecular weight excluding hydrogens is 258 g/mol. The fourth-order valence-electron chi connectivity index (χ4n) is 3.34. The second-order valence-electron chi connectivity index (χ2n) is 5.56. The van der Waals surface area contributed by atoms with Gasteiger partial charge < -0.3 is 14.7 Å². The summed E-state index contributed by atoms with van der Waals surface area (Å²) in [7, 11) is 0. The molecule has 0 saturated carbocycles. The van der Waals surface area contributed by atoms with Crippen LogP contribution in [0.4, 0.5) is 0 Å². The van der Waals surface area contributed by atoms with Gasteiger partial charge in [-0.15, -0.1) is 11.3 Å². The lowest BCUT2D eigenvalue weighted by atomic mass is 9.82. The van der Waals surface area contributed by atoms with Crippen molar-refractivity contribution in [1.82, 2.24) is 4.90 Å². The van der Waals surface area contributed by atoms with Crippen LogP contribution in [0.5, 0.6) is 0 Å². The van der Waals surface area contributed by atoms with Crippen LogP contribution in [0.15, 0.2) is 6.07 Å². The Morgan fingerprint density at radius 2 is 2.21 bits per heavy atom. The summed E-state index contributed by atoms with van der Waals surface area (Å²) < 4.78 is 6.23. The maximum atomic E-state index is 9.04. The van der Waals surface area contributed by atoms with Crippen molar-refractivity contribution in [2.45, 2.75) is 38.2 Å². The molecule has 0 radical (unpaired) electrons. The Morgan fingerprint density at radius 1 is 1.42 bits per heavy atom. The Morgan fingerprint density at radius 3 is 2.89 bits per heavy atom. The van der Waals surface area contributed by atoms with E-state index >= 15 is 0 Å². The van der Waals surface area contributed by atoms with Crippen molar-refractivity contribution in [3.8, 4) is 0 Å². The van der Waals surface area contributed by atoms with Crippen molar-refractivity contribution < 1.29 is 9.84 Å². The second kappa shape index (κ2) is 5.52. The zero-order valence-electron chi connectivity index (χ0n) is 11.7. The predicted octanol–water partition coefficient (Wildman–Crippen LogP) is 2.17. The van der Waals surface area contributed by atoms with E-state index in [9.17, 15) is 0 Å². The monoisotopic (exact) mass is 281 g/mol. The van der Waals surface area contributed by atoms with Gasteiger partial charge in [0.25, 0.3) is 0 Å². The number of rotatable bonds is 3. The van der Waals surface area contributed by atoms with E-state index in [0.29, 0.717) is 0 Å². The maximum Gasteiger partial charge on any atom is 0.0966 e. The zero-order chi connectivity index (χ0) is 13.3. The molecule has 0 aromatic carbocycles. The van der Waals surface area contributed by atoms with Gasteiger partial charge in [0.15, 0.2) is 0 Å². The zero-order valence-corrected chi connectivity index (χ0v) is 12.5. The molecule has 0 unspecified atom stereocenters. The lowest BCUT2D eigenvalue weighted by Gasteiger charge is -2.44. The van der Waals surface area contributed by atoms with E-state index in [1.807, 2.05) is 11.3 Å². The summed E-state index contributed by atoms with van der Waals surface area (Å²) in [6, 6.07) is 2.39. The number of thiophene rings is 1. The van der Waals surface area contributed by atoms with Crippen LogP contribution in [0.2, 0.25) is 0 Å². The molecule has 0 bridgehead atoms. The first-order valence-corrected chi connectivity index (χ1v) is 8.18. The molecule has 1 spiro atoms. The van der Waals surface area contributed by atoms with E-state index in [-0.39, 0.29) is 12.2 Å². The first kappa shape index (κ1) is 13.6. The van der Waals surface area contributed by atoms with Gasteiger partial charge in [-0.2, -0.15) is 0 Å². The summed E-state index contributed by atoms with van der Waals surface area (Å²) >= 11 is 1.98. The minimum Gasteiger partial charge on any atom is -0.395 e. The molecule has 0 aliphatic carbocycles. The predicted molar refractivity (Wildman–Crippen MR) is 77.8 cm³/mol. The van der Waals surface area contributed by atoms with Crippen LogP contribution in [0.3, 0.4) is 0 Å². The summed E-state index contributed by atoms with van der Waals surface area (Å²) in [6.45, 7) is 6.24. The number of β-amino-alcohol motifs (C(OH)–C–C–N with tert-alkyl or cyclic N) is 1. The minimum absolute atomic E-state index is 0.0243. The molecule has 1 aromatic heterocycles. The SMILES string of the molecule is CCc1cc2c(s1)CCOC21CCN(CCO)CC1. The molecule has 1 aromatic rings. The van der Waals surface area contributed by atoms with Crippen molar-refractivity contribution in [3.63, 3.8) is 0 Å². The quantitative estimate of drug-likeness (QED) is 0.921. The fourth-order valence-corrected chi connectivity index (χ4v) is 4.52. The summed E-state index contributed by atoms with van der Waals surface area (Å²) in [6.07, 6.45) is 4.35. The number of nitrogens with zero attached hydrogens (tertiary/aromatic N) is 1. The van der Waals surface area contributed by atoms with Crippen molar-refractivity contribution in [1.29, 1.82) is 0 Å². The van der Waals surface area contributed by atoms with Gasteiger partial charge in [-0.05, 0) is 30.9 Å². The summed E-state index contributed by atoms with van der Waals surface area (Å²) in [5.74, 6) is 0. The largest absolute Gasteiger partial charge is 0.395 e. The standard InChI is InChI=1S/C15H23NO2S/c1-2-12-11-13-14(19-12)3-10-18-15(13)4-6-16(7-5-15)8-9-17/h11,17H,2-10H2,1H3. The van der Waals surface area contributed by atoms with Gasteiger partial charge >= 0.3 is 0 Å². The Kier molecular flexibility index (Phi) is 3.94. The number of likely N-dealkylation sites (tertiary alicyclic amines) is 1. The normalized spacial score (nSPS) is 22.6. The molecular formula is C15H23NO2S. The Bertz CT molecular complexity index is 435. The highest BCUT2D eigenvalue weighted by atomic mass is 32.1. The summed E-state index contributed by atoms with van der Waals surface area (Å²) in [5.41, 5.74) is 1.45. The number of aryl methyl sites for hydroxylation is 1. The number of ether oxygens (including phenoxy) is 1. The van der Waals surface area contributed by atoms with E-state index in [2.05, 4.69) is 17.9 Å². The lowest BCUT2D eigenvalue weighted by molar-refractivity contribution is -0.0980. The molecule has 106 valence electrons. The third-order valence-corrected chi connectivity index (χ3v) is 5.83. The maximum absolute atomic E-state index is 9.04. The van der Waals surface area contributed by atoms with Crippen molar-refractivity contribution in [2.75, 3.05) is 32.8 Å². The van der Waals surface area contributed by atoms with Crippen LogP contribution in [0.25, 0.3) is 0 Å². The molecule has 2 aliphatic heterocycles. The number of hydrogen-bond acceptors (Lipinski definition) is 4. The van der Waals surface area contributed by atoms with E-state index < -0.39 is 0 Å². The van der Waals surface area contributed by atoms with Crippen LogP contribution in [0.1, 0.15) is 35.1 Å². The highest BCUT2D eigenvalue weighted by Crippen LogP contribution is 2.44. The van der Waals surface area contributed by atoms with Crippen LogP contribution in [0, 0.1) is 0 Å². The van der Waals surface area contributed by atoms with E-state index in [1.54, 1.807) is 4.88 Å². The molecule has 4 heteroatoms. The van der Waals surface area contributed by atoms with Crippen molar-refractivity contribution in [3.05, 3.63) is 21.4 Å². The molecule has 2 aliphatic rings. The van der Waals surface area contributed by atoms with Crippen LogP contribution >= 0.6 is 11.3 Å². The minimum atomic E-state index is -0.0243. The topological polar surface area (TPSA) is 32.7 Å². The first-order valence-electron chi connectivity index (χ1n) is 7.36. The van der Waals surface area contributed by atoms with Crippen molar-refractivity contribution >= 4 is 11.3 Å². The molecule has 19 heavy (non-hydrogen) atoms. The third-order valence-electron chi connectivity index (χ3n) is 4.49. The molecule has 1 saturated heterocycles. The number of aliphatic hydroxyl groups is 1. The third kappa shape index (κ3) is 2.47. The van der Waals surface area contributed by atoms with Crippen LogP contribution in [-0.2, 0) is 23.2 Å². The molecule has 1 N–H and O–H groups in total. The van der Waals surface area contributed by atoms with E-state index in [0.717, 1.165) is 51.9 Å². The second-order valence-corrected chi connectivity index (χ2v) is 6.78. The molecule has 3 nitrogen and oxygen atoms in total. The van der Waals surface area contributed by atoms with Gasteiger partial charge in [-0.25, -0.2) is 0 Å². The first-order chi connectivity index (χ1) is 9.27. The van der Waals surface area contributed by atoms with E-state index in [4.69, 9.17) is 9.84 Å². The van der Waals surface area contributed by atoms with Gasteiger partial charge in [-0.1, -0.05) is 6.92 Å². The van der Waals surface area contributed by atoms with Gasteiger partial charge in [0.1, 0.15) is 0 Å². The summed E-state index contributed by atoms with van der Waals surface area (Å²) in [4.78, 5) is 5.39. The molecule has 3 heterocycles. The van der Waals surface area contributed by atoms with E-state index in [1.165, 1.54) is 10.4 Å². The van der Waals surface area contributed by atoms with Crippen LogP contribution < -0.4 is 0 Å². The fraction of sp³-hybridized carbons (Fsp3) is 0.733. The number of hydrogen-bond donors (Lipinski definition) is 1. The van der Waals surface area contributed by atoms with Crippen LogP contribution in [-0.4, -0.2) is 42.9 Å². The Labute approximate surface area is 119 Å². The Balaban J connectivity index is 1.81. The number of fused-ring (bicyclic) bond motifs is 2. The van der Waals surface area contributed by atoms with Gasteiger partial charge in [0, 0.05) is 35.8 Å². The molecule has 0 amide bonds. The highest BCUT2D eigenvalue weighted by molar-refractivity contribution is 7.12. The number of aliphatic hydroxyl groups excluding tert-OH is 1. The molecule has 0 atom stereocenters. The lowest BCUT2D eigenvalue weighted by Crippen LogP contribution is -2.46. The average molecular weight is 281 g/mol. The Hall–Kier alpha value is -0.420. The summed E-state index contributed by atoms with van der Waals surface area (Å²) in [5, 5.41) is 9.04. The number of piperidine rings is 1. The molecule has 3 rings (SSSR count). The van der Waals surface area contributed by atoms with Gasteiger partial charge in [0.2, 0.25) is 0 Å². The highest BCUT2D eigenvalue weighted by Gasteiger charge is 2.41. The molecule has 1 fully saturated rings. The van der Waals surface area contributed by atoms with Gasteiger partial charge in [-0.3, -0.25) is 0 Å².